The van der Waals surface area contributed by atoms with Crippen LogP contribution in [0.1, 0.15) is 43.7 Å². The summed E-state index contributed by atoms with van der Waals surface area (Å²) >= 11 is 6.19. The summed E-state index contributed by atoms with van der Waals surface area (Å²) in [4.78, 5) is 0. The highest BCUT2D eigenvalue weighted by Crippen LogP contribution is 2.39. The second-order valence-electron chi connectivity index (χ2n) is 4.91. The van der Waals surface area contributed by atoms with Crippen LogP contribution in [0.5, 0.6) is 0 Å². The summed E-state index contributed by atoms with van der Waals surface area (Å²) < 4.78 is 0. The van der Waals surface area contributed by atoms with Gasteiger partial charge < -0.3 is 5.11 Å². The Hall–Kier alpha value is -0.530. The van der Waals surface area contributed by atoms with Crippen molar-refractivity contribution in [3.8, 4) is 0 Å². The van der Waals surface area contributed by atoms with E-state index in [1.165, 1.54) is 5.56 Å². The van der Waals surface area contributed by atoms with Crippen LogP contribution >= 0.6 is 11.6 Å². The first-order valence-electron chi connectivity index (χ1n) is 5.51. The van der Waals surface area contributed by atoms with Crippen LogP contribution in [0, 0.1) is 0 Å². The maximum atomic E-state index is 9.81. The molecule has 0 saturated heterocycles. The van der Waals surface area contributed by atoms with Crippen LogP contribution in [-0.4, -0.2) is 10.7 Å². The van der Waals surface area contributed by atoms with Crippen LogP contribution in [0.15, 0.2) is 18.2 Å². The number of hydrogen-bond donors (Lipinski definition) is 1. The van der Waals surface area contributed by atoms with Crippen molar-refractivity contribution in [1.82, 2.24) is 0 Å². The van der Waals surface area contributed by atoms with E-state index in [0.29, 0.717) is 5.92 Å². The minimum Gasteiger partial charge on any atom is -0.390 e. The van der Waals surface area contributed by atoms with E-state index in [9.17, 15) is 5.11 Å². The van der Waals surface area contributed by atoms with Gasteiger partial charge in [-0.05, 0) is 36.0 Å². The molecule has 0 bridgehead atoms. The lowest BCUT2D eigenvalue weighted by Crippen LogP contribution is -2.10. The summed E-state index contributed by atoms with van der Waals surface area (Å²) in [6.45, 7) is 4.27. The zero-order chi connectivity index (χ0) is 11.1. The molecule has 1 N–H and O–H groups in total. The largest absolute Gasteiger partial charge is 0.390 e. The Bertz CT molecular complexity index is 367. The number of aliphatic hydroxyl groups is 1. The van der Waals surface area contributed by atoms with Gasteiger partial charge in [-0.15, -0.1) is 0 Å². The van der Waals surface area contributed by atoms with Crippen LogP contribution in [0.2, 0.25) is 5.02 Å². The molecule has 15 heavy (non-hydrogen) atoms. The molecule has 0 radical (unpaired) electrons. The predicted octanol–water partition coefficient (Wildman–Crippen LogP) is 3.53. The quantitative estimate of drug-likeness (QED) is 0.833. The summed E-state index contributed by atoms with van der Waals surface area (Å²) in [7, 11) is 0. The lowest BCUT2D eigenvalue weighted by atomic mass is 9.99. The van der Waals surface area contributed by atoms with Gasteiger partial charge in [-0.1, -0.05) is 37.6 Å². The molecule has 0 heterocycles. The fourth-order valence-corrected chi connectivity index (χ4v) is 2.27. The van der Waals surface area contributed by atoms with Crippen molar-refractivity contribution in [3.05, 3.63) is 34.3 Å². The summed E-state index contributed by atoms with van der Waals surface area (Å²) in [5, 5.41) is 10.6. The van der Waals surface area contributed by atoms with E-state index < -0.39 is 5.60 Å². The van der Waals surface area contributed by atoms with Crippen LogP contribution < -0.4 is 0 Å². The topological polar surface area (TPSA) is 20.2 Å². The van der Waals surface area contributed by atoms with Gasteiger partial charge in [0, 0.05) is 11.4 Å². The first-order valence-corrected chi connectivity index (χ1v) is 5.89. The third-order valence-electron chi connectivity index (χ3n) is 3.05. The SMILES string of the molecule is CC(C)c1ccc(CC2(O)CC2)cc1Cl. The van der Waals surface area contributed by atoms with E-state index in [-0.39, 0.29) is 0 Å². The third-order valence-corrected chi connectivity index (χ3v) is 3.37. The summed E-state index contributed by atoms with van der Waals surface area (Å²) in [5.41, 5.74) is 1.90. The highest BCUT2D eigenvalue weighted by molar-refractivity contribution is 6.31. The highest BCUT2D eigenvalue weighted by atomic mass is 35.5. The van der Waals surface area contributed by atoms with Gasteiger partial charge in [-0.3, -0.25) is 0 Å². The van der Waals surface area contributed by atoms with Crippen LogP contribution in [0.3, 0.4) is 0 Å². The molecule has 1 aromatic rings. The highest BCUT2D eigenvalue weighted by Gasteiger charge is 2.40. The fourth-order valence-electron chi connectivity index (χ4n) is 1.85. The molecule has 2 heteroatoms. The summed E-state index contributed by atoms with van der Waals surface area (Å²) in [5.74, 6) is 0.454. The molecule has 0 atom stereocenters. The summed E-state index contributed by atoms with van der Waals surface area (Å²) in [6, 6.07) is 6.15. The molecular formula is C13H17ClO. The first-order chi connectivity index (χ1) is 7.00. The van der Waals surface area contributed by atoms with Crippen molar-refractivity contribution in [3.63, 3.8) is 0 Å². The average molecular weight is 225 g/mol. The van der Waals surface area contributed by atoms with Crippen LogP contribution in [0.4, 0.5) is 0 Å². The van der Waals surface area contributed by atoms with E-state index in [1.54, 1.807) is 0 Å². The van der Waals surface area contributed by atoms with Gasteiger partial charge >= 0.3 is 0 Å². The molecule has 0 unspecified atom stereocenters. The molecule has 1 fully saturated rings. The summed E-state index contributed by atoms with van der Waals surface area (Å²) in [6.07, 6.45) is 2.60. The van der Waals surface area contributed by atoms with Crippen molar-refractivity contribution in [2.45, 2.75) is 44.6 Å². The Kier molecular flexibility index (Phi) is 2.78. The molecule has 1 nitrogen and oxygen atoms in total. The third kappa shape index (κ3) is 2.53. The van der Waals surface area contributed by atoms with Crippen molar-refractivity contribution in [2.24, 2.45) is 0 Å². The Balaban J connectivity index is 2.17. The fraction of sp³-hybridized carbons (Fsp3) is 0.538. The van der Waals surface area contributed by atoms with Crippen molar-refractivity contribution in [1.29, 1.82) is 0 Å². The Morgan fingerprint density at radius 3 is 2.53 bits per heavy atom. The standard InChI is InChI=1S/C13H17ClO/c1-9(2)11-4-3-10(7-12(11)14)8-13(15)5-6-13/h3-4,7,9,15H,5-6,8H2,1-2H3. The van der Waals surface area contributed by atoms with Crippen molar-refractivity contribution >= 4 is 11.6 Å². The van der Waals surface area contributed by atoms with Gasteiger partial charge in [0.2, 0.25) is 0 Å². The molecule has 2 rings (SSSR count). The molecule has 1 aromatic carbocycles. The van der Waals surface area contributed by atoms with Crippen molar-refractivity contribution < 1.29 is 5.11 Å². The molecule has 1 aliphatic rings. The maximum absolute atomic E-state index is 9.81. The van der Waals surface area contributed by atoms with E-state index in [0.717, 1.165) is 29.8 Å². The molecule has 1 saturated carbocycles. The van der Waals surface area contributed by atoms with E-state index in [1.807, 2.05) is 6.07 Å². The second kappa shape index (κ2) is 3.80. The van der Waals surface area contributed by atoms with Gasteiger partial charge in [0.1, 0.15) is 0 Å². The van der Waals surface area contributed by atoms with Gasteiger partial charge in [0.05, 0.1) is 5.60 Å². The van der Waals surface area contributed by atoms with Crippen LogP contribution in [-0.2, 0) is 6.42 Å². The average Bonchev–Trinajstić information content (AvgIpc) is 2.82. The molecule has 0 spiro atoms. The number of hydrogen-bond acceptors (Lipinski definition) is 1. The van der Waals surface area contributed by atoms with Crippen LogP contribution in [0.25, 0.3) is 0 Å². The minimum atomic E-state index is -0.428. The van der Waals surface area contributed by atoms with Gasteiger partial charge in [-0.25, -0.2) is 0 Å². The lowest BCUT2D eigenvalue weighted by molar-refractivity contribution is 0.151. The number of halogens is 1. The zero-order valence-electron chi connectivity index (χ0n) is 9.26. The Morgan fingerprint density at radius 1 is 1.40 bits per heavy atom. The van der Waals surface area contributed by atoms with Gasteiger partial charge in [-0.2, -0.15) is 0 Å². The normalized spacial score (nSPS) is 18.2. The molecule has 0 aromatic heterocycles. The molecule has 82 valence electrons. The number of benzene rings is 1. The van der Waals surface area contributed by atoms with E-state index >= 15 is 0 Å². The Labute approximate surface area is 96.1 Å². The minimum absolute atomic E-state index is 0.428. The van der Waals surface area contributed by atoms with Crippen molar-refractivity contribution in [2.75, 3.05) is 0 Å². The molecule has 0 amide bonds. The monoisotopic (exact) mass is 224 g/mol. The first kappa shape index (κ1) is 11.0. The molecular weight excluding hydrogens is 208 g/mol. The maximum Gasteiger partial charge on any atom is 0.0690 e. The second-order valence-corrected chi connectivity index (χ2v) is 5.32. The molecule has 1 aliphatic carbocycles. The number of rotatable bonds is 3. The van der Waals surface area contributed by atoms with Gasteiger partial charge in [0.15, 0.2) is 0 Å². The predicted molar refractivity (Wildman–Crippen MR) is 63.4 cm³/mol. The van der Waals surface area contributed by atoms with E-state index in [2.05, 4.69) is 26.0 Å². The van der Waals surface area contributed by atoms with E-state index in [4.69, 9.17) is 11.6 Å². The molecule has 0 aliphatic heterocycles. The lowest BCUT2D eigenvalue weighted by Gasteiger charge is -2.12. The Morgan fingerprint density at radius 2 is 2.07 bits per heavy atom. The zero-order valence-corrected chi connectivity index (χ0v) is 10.0. The smallest absolute Gasteiger partial charge is 0.0690 e. The van der Waals surface area contributed by atoms with Gasteiger partial charge in [0.25, 0.3) is 0 Å².